The van der Waals surface area contributed by atoms with Crippen LogP contribution < -0.4 is 5.32 Å². The van der Waals surface area contributed by atoms with Crippen molar-refractivity contribution in [1.82, 2.24) is 18.8 Å². The molecule has 9 heteroatoms. The molecule has 1 aromatic heterocycles. The zero-order valence-electron chi connectivity index (χ0n) is 17.5. The number of amides is 1. The van der Waals surface area contributed by atoms with E-state index in [0.29, 0.717) is 39.3 Å². The Morgan fingerprint density at radius 2 is 1.73 bits per heavy atom. The SMILES string of the molecule is CCN(CC)S(=O)(=O)N1CCN(CC(=O)NC(c2ccccc2)c2cccs2)CC1. The minimum absolute atomic E-state index is 0.0581. The van der Waals surface area contributed by atoms with Crippen molar-refractivity contribution >= 4 is 27.5 Å². The first kappa shape index (κ1) is 22.9. The molecule has 0 radical (unpaired) electrons. The van der Waals surface area contributed by atoms with Crippen molar-refractivity contribution < 1.29 is 13.2 Å². The van der Waals surface area contributed by atoms with Crippen LogP contribution in [0.4, 0.5) is 0 Å². The third kappa shape index (κ3) is 5.47. The van der Waals surface area contributed by atoms with E-state index < -0.39 is 10.2 Å². The fourth-order valence-electron chi connectivity index (χ4n) is 3.66. The molecule has 1 unspecified atom stereocenters. The predicted molar refractivity (Wildman–Crippen MR) is 121 cm³/mol. The fraction of sp³-hybridized carbons (Fsp3) is 0.476. The highest BCUT2D eigenvalue weighted by Crippen LogP contribution is 2.26. The van der Waals surface area contributed by atoms with Crippen LogP contribution in [0.2, 0.25) is 0 Å². The Labute approximate surface area is 183 Å². The van der Waals surface area contributed by atoms with Crippen LogP contribution in [0.5, 0.6) is 0 Å². The summed E-state index contributed by atoms with van der Waals surface area (Å²) >= 11 is 1.62. The highest BCUT2D eigenvalue weighted by Gasteiger charge is 2.31. The normalized spacial score (nSPS) is 17.2. The fourth-order valence-corrected chi connectivity index (χ4v) is 6.07. The van der Waals surface area contributed by atoms with Gasteiger partial charge in [-0.15, -0.1) is 11.3 Å². The summed E-state index contributed by atoms with van der Waals surface area (Å²) < 4.78 is 28.3. The molecule has 0 saturated carbocycles. The standard InChI is InChI=1S/C21H30N4O3S2/c1-3-24(4-2)30(27,28)25-14-12-23(13-15-25)17-20(26)22-21(19-11-8-16-29-19)18-9-6-5-7-10-18/h5-11,16,21H,3-4,12-15,17H2,1-2H3,(H,22,26). The molecule has 0 spiro atoms. The van der Waals surface area contributed by atoms with E-state index >= 15 is 0 Å². The van der Waals surface area contributed by atoms with Crippen molar-refractivity contribution in [3.05, 3.63) is 58.3 Å². The molecular formula is C21H30N4O3S2. The summed E-state index contributed by atoms with van der Waals surface area (Å²) in [6, 6.07) is 13.8. The Kier molecular flexibility index (Phi) is 8.01. The molecule has 1 atom stereocenters. The minimum atomic E-state index is -3.42. The molecule has 1 aliphatic heterocycles. The first-order chi connectivity index (χ1) is 14.5. The van der Waals surface area contributed by atoms with Gasteiger partial charge in [0.05, 0.1) is 12.6 Å². The molecule has 1 aromatic carbocycles. The first-order valence-electron chi connectivity index (χ1n) is 10.3. The number of hydrogen-bond acceptors (Lipinski definition) is 5. The predicted octanol–water partition coefficient (Wildman–Crippen LogP) is 2.16. The Hall–Kier alpha value is -1.78. The summed E-state index contributed by atoms with van der Waals surface area (Å²) in [4.78, 5) is 15.9. The third-order valence-electron chi connectivity index (χ3n) is 5.32. The maximum atomic E-state index is 12.8. The lowest BCUT2D eigenvalue weighted by molar-refractivity contribution is -0.123. The molecule has 1 saturated heterocycles. The van der Waals surface area contributed by atoms with Crippen molar-refractivity contribution in [3.8, 4) is 0 Å². The van der Waals surface area contributed by atoms with Gasteiger partial charge in [0.1, 0.15) is 0 Å². The Bertz CT molecular complexity index is 892. The monoisotopic (exact) mass is 450 g/mol. The van der Waals surface area contributed by atoms with Gasteiger partial charge in [0.25, 0.3) is 10.2 Å². The van der Waals surface area contributed by atoms with Crippen molar-refractivity contribution in [1.29, 1.82) is 0 Å². The van der Waals surface area contributed by atoms with Crippen LogP contribution in [0.1, 0.15) is 30.3 Å². The van der Waals surface area contributed by atoms with Crippen molar-refractivity contribution in [2.45, 2.75) is 19.9 Å². The maximum absolute atomic E-state index is 12.8. The van der Waals surface area contributed by atoms with Crippen LogP contribution in [0.25, 0.3) is 0 Å². The lowest BCUT2D eigenvalue weighted by atomic mass is 10.1. The summed E-state index contributed by atoms with van der Waals surface area (Å²) in [6.07, 6.45) is 0. The molecule has 7 nitrogen and oxygen atoms in total. The van der Waals surface area contributed by atoms with Crippen LogP contribution in [0, 0.1) is 0 Å². The van der Waals surface area contributed by atoms with Crippen LogP contribution >= 0.6 is 11.3 Å². The average molecular weight is 451 g/mol. The number of thiophene rings is 1. The van der Waals surface area contributed by atoms with Gasteiger partial charge in [-0.2, -0.15) is 17.0 Å². The highest BCUT2D eigenvalue weighted by atomic mass is 32.2. The van der Waals surface area contributed by atoms with Gasteiger partial charge in [0.2, 0.25) is 5.91 Å². The number of benzene rings is 1. The quantitative estimate of drug-likeness (QED) is 0.635. The Morgan fingerprint density at radius 1 is 1.07 bits per heavy atom. The maximum Gasteiger partial charge on any atom is 0.282 e. The van der Waals surface area contributed by atoms with E-state index in [0.717, 1.165) is 10.4 Å². The van der Waals surface area contributed by atoms with Gasteiger partial charge in [-0.3, -0.25) is 9.69 Å². The van der Waals surface area contributed by atoms with Crippen LogP contribution in [0.3, 0.4) is 0 Å². The molecule has 1 N–H and O–H groups in total. The van der Waals surface area contributed by atoms with Gasteiger partial charge in [0.15, 0.2) is 0 Å². The second-order valence-electron chi connectivity index (χ2n) is 7.19. The van der Waals surface area contributed by atoms with Crippen molar-refractivity contribution in [2.75, 3.05) is 45.8 Å². The molecule has 1 aliphatic rings. The van der Waals surface area contributed by atoms with Gasteiger partial charge in [-0.05, 0) is 17.0 Å². The van der Waals surface area contributed by atoms with E-state index in [1.165, 1.54) is 8.61 Å². The largest absolute Gasteiger partial charge is 0.343 e. The average Bonchev–Trinajstić information content (AvgIpc) is 3.28. The van der Waals surface area contributed by atoms with Crippen LogP contribution in [-0.4, -0.2) is 73.6 Å². The zero-order chi connectivity index (χ0) is 21.6. The number of hydrogen-bond donors (Lipinski definition) is 1. The number of nitrogens with one attached hydrogen (secondary N) is 1. The van der Waals surface area contributed by atoms with Gasteiger partial charge in [-0.25, -0.2) is 0 Å². The number of piperazine rings is 1. The summed E-state index contributed by atoms with van der Waals surface area (Å²) in [5, 5.41) is 5.16. The molecule has 2 aromatic rings. The minimum Gasteiger partial charge on any atom is -0.343 e. The number of rotatable bonds is 9. The van der Waals surface area contributed by atoms with E-state index in [2.05, 4.69) is 5.32 Å². The smallest absolute Gasteiger partial charge is 0.282 e. The molecule has 1 amide bonds. The van der Waals surface area contributed by atoms with E-state index in [-0.39, 0.29) is 18.5 Å². The topological polar surface area (TPSA) is 73.0 Å². The molecule has 0 bridgehead atoms. The Balaban J connectivity index is 1.58. The van der Waals surface area contributed by atoms with E-state index in [1.807, 2.05) is 66.6 Å². The van der Waals surface area contributed by atoms with Crippen LogP contribution in [0.15, 0.2) is 47.8 Å². The van der Waals surface area contributed by atoms with Gasteiger partial charge >= 0.3 is 0 Å². The van der Waals surface area contributed by atoms with E-state index in [1.54, 1.807) is 11.3 Å². The number of carbonyl (C=O) groups is 1. The summed E-state index contributed by atoms with van der Waals surface area (Å²) in [6.45, 7) is 6.77. The zero-order valence-corrected chi connectivity index (χ0v) is 19.2. The number of carbonyl (C=O) groups excluding carboxylic acids is 1. The molecule has 3 rings (SSSR count). The lowest BCUT2D eigenvalue weighted by Gasteiger charge is -2.36. The number of nitrogens with zero attached hydrogens (tertiary/aromatic N) is 3. The highest BCUT2D eigenvalue weighted by molar-refractivity contribution is 7.86. The van der Waals surface area contributed by atoms with Gasteiger partial charge in [0, 0.05) is 44.1 Å². The third-order valence-corrected chi connectivity index (χ3v) is 8.45. The molecule has 30 heavy (non-hydrogen) atoms. The summed E-state index contributed by atoms with van der Waals surface area (Å²) in [5.41, 5.74) is 1.04. The molecular weight excluding hydrogens is 420 g/mol. The molecule has 2 heterocycles. The van der Waals surface area contributed by atoms with Crippen LogP contribution in [-0.2, 0) is 15.0 Å². The Morgan fingerprint density at radius 3 is 2.30 bits per heavy atom. The summed E-state index contributed by atoms with van der Waals surface area (Å²) in [7, 11) is -3.42. The first-order valence-corrected chi connectivity index (χ1v) is 12.6. The summed E-state index contributed by atoms with van der Waals surface area (Å²) in [5.74, 6) is -0.0581. The van der Waals surface area contributed by atoms with Gasteiger partial charge < -0.3 is 5.32 Å². The second kappa shape index (κ2) is 10.5. The molecule has 164 valence electrons. The lowest BCUT2D eigenvalue weighted by Crippen LogP contribution is -2.54. The van der Waals surface area contributed by atoms with E-state index in [4.69, 9.17) is 0 Å². The van der Waals surface area contributed by atoms with Gasteiger partial charge in [-0.1, -0.05) is 50.2 Å². The second-order valence-corrected chi connectivity index (χ2v) is 10.1. The van der Waals surface area contributed by atoms with Crippen molar-refractivity contribution in [2.24, 2.45) is 0 Å². The van der Waals surface area contributed by atoms with Crippen molar-refractivity contribution in [3.63, 3.8) is 0 Å². The van der Waals surface area contributed by atoms with E-state index in [9.17, 15) is 13.2 Å². The molecule has 1 fully saturated rings. The molecule has 0 aliphatic carbocycles.